The van der Waals surface area contributed by atoms with E-state index in [1.165, 1.54) is 6.07 Å². The third-order valence-corrected chi connectivity index (χ3v) is 3.24. The molecule has 0 radical (unpaired) electrons. The molecule has 0 fully saturated rings. The Kier molecular flexibility index (Phi) is 4.51. The summed E-state index contributed by atoms with van der Waals surface area (Å²) in [6, 6.07) is 8.75. The Balaban J connectivity index is 2.38. The van der Waals surface area contributed by atoms with Gasteiger partial charge in [0.1, 0.15) is 5.82 Å². The normalized spacial score (nSPS) is 12.4. The number of rotatable bonds is 4. The molecule has 0 saturated heterocycles. The SMILES string of the molecule is CCNC(c1ccc(C)nc1)c1ccc(F)c(Cl)c1. The molecule has 0 saturated carbocycles. The number of aryl methyl sites for hydroxylation is 1. The van der Waals surface area contributed by atoms with Crippen molar-refractivity contribution in [3.8, 4) is 0 Å². The average molecular weight is 279 g/mol. The van der Waals surface area contributed by atoms with E-state index in [2.05, 4.69) is 10.3 Å². The van der Waals surface area contributed by atoms with E-state index < -0.39 is 5.82 Å². The van der Waals surface area contributed by atoms with Crippen LogP contribution in [0.4, 0.5) is 4.39 Å². The highest BCUT2D eigenvalue weighted by atomic mass is 35.5. The van der Waals surface area contributed by atoms with Crippen molar-refractivity contribution < 1.29 is 4.39 Å². The Labute approximate surface area is 117 Å². The van der Waals surface area contributed by atoms with E-state index in [0.29, 0.717) is 0 Å². The van der Waals surface area contributed by atoms with Crippen LogP contribution in [-0.4, -0.2) is 11.5 Å². The minimum atomic E-state index is -0.400. The molecule has 4 heteroatoms. The summed E-state index contributed by atoms with van der Waals surface area (Å²) in [4.78, 5) is 4.30. The fourth-order valence-electron chi connectivity index (χ4n) is 1.97. The lowest BCUT2D eigenvalue weighted by Gasteiger charge is -2.19. The highest BCUT2D eigenvalue weighted by Crippen LogP contribution is 2.25. The number of pyridine rings is 1. The maximum absolute atomic E-state index is 13.2. The van der Waals surface area contributed by atoms with Crippen molar-refractivity contribution in [2.75, 3.05) is 6.54 Å². The Hall–Kier alpha value is -1.45. The molecule has 0 amide bonds. The molecule has 2 rings (SSSR count). The third kappa shape index (κ3) is 3.31. The van der Waals surface area contributed by atoms with Crippen LogP contribution in [0.25, 0.3) is 0 Å². The highest BCUT2D eigenvalue weighted by molar-refractivity contribution is 6.30. The average Bonchev–Trinajstić information content (AvgIpc) is 2.41. The van der Waals surface area contributed by atoms with Gasteiger partial charge >= 0.3 is 0 Å². The van der Waals surface area contributed by atoms with Gasteiger partial charge in [0, 0.05) is 11.9 Å². The zero-order valence-electron chi connectivity index (χ0n) is 11.0. The zero-order chi connectivity index (χ0) is 13.8. The smallest absolute Gasteiger partial charge is 0.141 e. The van der Waals surface area contributed by atoms with Gasteiger partial charge in [-0.05, 0) is 42.8 Å². The largest absolute Gasteiger partial charge is 0.306 e. The second-order valence-electron chi connectivity index (χ2n) is 4.40. The van der Waals surface area contributed by atoms with Crippen LogP contribution in [0.5, 0.6) is 0 Å². The van der Waals surface area contributed by atoms with E-state index in [9.17, 15) is 4.39 Å². The monoisotopic (exact) mass is 278 g/mol. The van der Waals surface area contributed by atoms with E-state index in [1.807, 2.05) is 32.2 Å². The summed E-state index contributed by atoms with van der Waals surface area (Å²) in [5, 5.41) is 3.50. The molecule has 2 nitrogen and oxygen atoms in total. The van der Waals surface area contributed by atoms with Gasteiger partial charge in [-0.15, -0.1) is 0 Å². The van der Waals surface area contributed by atoms with E-state index in [4.69, 9.17) is 11.6 Å². The molecule has 1 N–H and O–H groups in total. The van der Waals surface area contributed by atoms with Gasteiger partial charge in [-0.3, -0.25) is 4.98 Å². The molecule has 1 heterocycles. The predicted molar refractivity (Wildman–Crippen MR) is 75.9 cm³/mol. The highest BCUT2D eigenvalue weighted by Gasteiger charge is 2.14. The van der Waals surface area contributed by atoms with Gasteiger partial charge in [0.15, 0.2) is 0 Å². The second kappa shape index (κ2) is 6.13. The summed E-state index contributed by atoms with van der Waals surface area (Å²) < 4.78 is 13.2. The Morgan fingerprint density at radius 1 is 1.26 bits per heavy atom. The maximum Gasteiger partial charge on any atom is 0.141 e. The van der Waals surface area contributed by atoms with Crippen LogP contribution in [-0.2, 0) is 0 Å². The summed E-state index contributed by atoms with van der Waals surface area (Å²) in [6.45, 7) is 4.77. The first-order valence-corrected chi connectivity index (χ1v) is 6.60. The Morgan fingerprint density at radius 2 is 2.00 bits per heavy atom. The van der Waals surface area contributed by atoms with Crippen molar-refractivity contribution >= 4 is 11.6 Å². The molecule has 0 aliphatic carbocycles. The summed E-state index contributed by atoms with van der Waals surface area (Å²) in [5.74, 6) is -0.400. The molecule has 1 aromatic heterocycles. The standard InChI is InChI=1S/C15H16ClFN2/c1-3-18-15(12-5-4-10(2)19-9-12)11-6-7-14(17)13(16)8-11/h4-9,15,18H,3H2,1-2H3. The van der Waals surface area contributed by atoms with Crippen molar-refractivity contribution in [2.45, 2.75) is 19.9 Å². The van der Waals surface area contributed by atoms with Gasteiger partial charge < -0.3 is 5.32 Å². The summed E-state index contributed by atoms with van der Waals surface area (Å²) in [6.07, 6.45) is 1.83. The van der Waals surface area contributed by atoms with E-state index in [0.717, 1.165) is 23.4 Å². The Bertz CT molecular complexity index is 555. The quantitative estimate of drug-likeness (QED) is 0.918. The van der Waals surface area contributed by atoms with Crippen molar-refractivity contribution in [3.05, 3.63) is 64.2 Å². The zero-order valence-corrected chi connectivity index (χ0v) is 11.7. The first kappa shape index (κ1) is 14.0. The second-order valence-corrected chi connectivity index (χ2v) is 4.80. The van der Waals surface area contributed by atoms with Crippen LogP contribution in [0.1, 0.15) is 29.8 Å². The van der Waals surface area contributed by atoms with Gasteiger partial charge in [-0.1, -0.05) is 30.7 Å². The van der Waals surface area contributed by atoms with Gasteiger partial charge in [-0.25, -0.2) is 4.39 Å². The molecule has 0 aliphatic rings. The lowest BCUT2D eigenvalue weighted by atomic mass is 10.00. The minimum absolute atomic E-state index is 0.0313. The lowest BCUT2D eigenvalue weighted by Crippen LogP contribution is -2.22. The van der Waals surface area contributed by atoms with Gasteiger partial charge in [0.25, 0.3) is 0 Å². The van der Waals surface area contributed by atoms with Gasteiger partial charge in [0.2, 0.25) is 0 Å². The van der Waals surface area contributed by atoms with E-state index in [-0.39, 0.29) is 11.1 Å². The molecule has 0 bridgehead atoms. The van der Waals surface area contributed by atoms with E-state index >= 15 is 0 Å². The van der Waals surface area contributed by atoms with Crippen LogP contribution in [0.2, 0.25) is 5.02 Å². The number of benzene rings is 1. The predicted octanol–water partition coefficient (Wildman–Crippen LogP) is 3.88. The number of aromatic nitrogens is 1. The topological polar surface area (TPSA) is 24.9 Å². The Morgan fingerprint density at radius 3 is 2.58 bits per heavy atom. The molecular formula is C15H16ClFN2. The van der Waals surface area contributed by atoms with Crippen molar-refractivity contribution in [1.29, 1.82) is 0 Å². The van der Waals surface area contributed by atoms with Gasteiger partial charge in [-0.2, -0.15) is 0 Å². The van der Waals surface area contributed by atoms with Crippen LogP contribution >= 0.6 is 11.6 Å². The number of hydrogen-bond acceptors (Lipinski definition) is 2. The van der Waals surface area contributed by atoms with Crippen LogP contribution in [0.3, 0.4) is 0 Å². The molecule has 0 aliphatic heterocycles. The summed E-state index contributed by atoms with van der Waals surface area (Å²) >= 11 is 5.85. The number of hydrogen-bond donors (Lipinski definition) is 1. The molecule has 2 aromatic rings. The fraction of sp³-hybridized carbons (Fsp3) is 0.267. The molecule has 19 heavy (non-hydrogen) atoms. The first-order valence-electron chi connectivity index (χ1n) is 6.22. The van der Waals surface area contributed by atoms with Crippen LogP contribution in [0, 0.1) is 12.7 Å². The van der Waals surface area contributed by atoms with E-state index in [1.54, 1.807) is 12.1 Å². The van der Waals surface area contributed by atoms with Crippen LogP contribution in [0.15, 0.2) is 36.5 Å². The number of nitrogens with one attached hydrogen (secondary N) is 1. The molecule has 100 valence electrons. The maximum atomic E-state index is 13.2. The van der Waals surface area contributed by atoms with Crippen molar-refractivity contribution in [2.24, 2.45) is 0 Å². The number of nitrogens with zero attached hydrogens (tertiary/aromatic N) is 1. The summed E-state index contributed by atoms with van der Waals surface area (Å²) in [5.41, 5.74) is 2.94. The molecule has 1 unspecified atom stereocenters. The molecule has 1 atom stereocenters. The number of halogens is 2. The molecule has 0 spiro atoms. The fourth-order valence-corrected chi connectivity index (χ4v) is 2.16. The summed E-state index contributed by atoms with van der Waals surface area (Å²) in [7, 11) is 0. The first-order chi connectivity index (χ1) is 9.11. The van der Waals surface area contributed by atoms with Crippen molar-refractivity contribution in [3.63, 3.8) is 0 Å². The van der Waals surface area contributed by atoms with Gasteiger partial charge in [0.05, 0.1) is 11.1 Å². The minimum Gasteiger partial charge on any atom is -0.306 e. The molecular weight excluding hydrogens is 263 g/mol. The third-order valence-electron chi connectivity index (χ3n) is 2.95. The van der Waals surface area contributed by atoms with Crippen LogP contribution < -0.4 is 5.32 Å². The van der Waals surface area contributed by atoms with Crippen molar-refractivity contribution in [1.82, 2.24) is 10.3 Å². The molecule has 1 aromatic carbocycles. The lowest BCUT2D eigenvalue weighted by molar-refractivity contribution is 0.613.